The van der Waals surface area contributed by atoms with Crippen LogP contribution in [0.25, 0.3) is 0 Å². The van der Waals surface area contributed by atoms with E-state index in [2.05, 4.69) is 4.74 Å². The number of hydrogen-bond acceptors (Lipinski definition) is 3. The van der Waals surface area contributed by atoms with Gasteiger partial charge in [0.1, 0.15) is 0 Å². The van der Waals surface area contributed by atoms with E-state index in [0.717, 1.165) is 12.1 Å². The summed E-state index contributed by atoms with van der Waals surface area (Å²) in [6.45, 7) is 0. The van der Waals surface area contributed by atoms with Gasteiger partial charge in [-0.05, 0) is 12.1 Å². The predicted octanol–water partition coefficient (Wildman–Crippen LogP) is 2.18. The number of phenolic OH excluding ortho intramolecular Hbond substituents is 1. The van der Waals surface area contributed by atoms with Crippen LogP contribution in [0, 0.1) is 0 Å². The van der Waals surface area contributed by atoms with Crippen LogP contribution in [0.15, 0.2) is 24.3 Å². The molecule has 1 unspecified atom stereocenters. The topological polar surface area (TPSA) is 66.8 Å². The van der Waals surface area contributed by atoms with Gasteiger partial charge in [-0.3, -0.25) is 4.79 Å². The van der Waals surface area contributed by atoms with Crippen LogP contribution in [0.1, 0.15) is 6.42 Å². The molecular weight excluding hydrogens is 241 g/mol. The number of aromatic hydroxyl groups is 1. The summed E-state index contributed by atoms with van der Waals surface area (Å²) in [6.07, 6.45) is -8.54. The Kier molecular flexibility index (Phi) is 3.82. The van der Waals surface area contributed by atoms with Crippen LogP contribution in [-0.2, 0) is 4.79 Å². The Hall–Kier alpha value is -1.92. The summed E-state index contributed by atoms with van der Waals surface area (Å²) in [6, 6.07) is 5.03. The van der Waals surface area contributed by atoms with Crippen molar-refractivity contribution in [1.29, 1.82) is 0 Å². The number of aliphatic carboxylic acids is 1. The number of carboxylic acid groups (broad SMARTS) is 1. The number of rotatable bonds is 4. The molecule has 0 bridgehead atoms. The lowest BCUT2D eigenvalue weighted by atomic mass is 10.2. The van der Waals surface area contributed by atoms with Gasteiger partial charge in [-0.15, -0.1) is 0 Å². The first-order valence-corrected chi connectivity index (χ1v) is 4.54. The molecule has 0 saturated heterocycles. The Bertz CT molecular complexity index is 403. The molecule has 4 nitrogen and oxygen atoms in total. The maximum atomic E-state index is 12.4. The maximum Gasteiger partial charge on any atom is 0.426 e. The zero-order chi connectivity index (χ0) is 13.1. The second-order valence-electron chi connectivity index (χ2n) is 3.21. The summed E-state index contributed by atoms with van der Waals surface area (Å²) in [5.74, 6) is -2.52. The summed E-state index contributed by atoms with van der Waals surface area (Å²) in [4.78, 5) is 10.3. The number of para-hydroxylation sites is 2. The molecule has 2 N–H and O–H groups in total. The molecule has 0 spiro atoms. The van der Waals surface area contributed by atoms with E-state index in [0.29, 0.717) is 0 Å². The van der Waals surface area contributed by atoms with Crippen molar-refractivity contribution in [2.45, 2.75) is 18.7 Å². The third kappa shape index (κ3) is 3.86. The second-order valence-corrected chi connectivity index (χ2v) is 3.21. The number of hydrogen-bond donors (Lipinski definition) is 2. The fourth-order valence-electron chi connectivity index (χ4n) is 1.09. The van der Waals surface area contributed by atoms with E-state index in [1.54, 1.807) is 0 Å². The lowest BCUT2D eigenvalue weighted by Crippen LogP contribution is -2.36. The average Bonchev–Trinajstić information content (AvgIpc) is 2.18. The van der Waals surface area contributed by atoms with E-state index >= 15 is 0 Å². The van der Waals surface area contributed by atoms with Crippen molar-refractivity contribution in [3.63, 3.8) is 0 Å². The number of halogens is 3. The monoisotopic (exact) mass is 250 g/mol. The number of carboxylic acids is 1. The lowest BCUT2D eigenvalue weighted by molar-refractivity contribution is -0.200. The molecule has 94 valence electrons. The maximum absolute atomic E-state index is 12.4. The summed E-state index contributed by atoms with van der Waals surface area (Å²) in [5.41, 5.74) is 0. The molecule has 1 aromatic carbocycles. The average molecular weight is 250 g/mol. The number of ether oxygens (including phenoxy) is 1. The van der Waals surface area contributed by atoms with Gasteiger partial charge in [0.2, 0.25) is 6.10 Å². The molecule has 0 aliphatic carbocycles. The SMILES string of the molecule is O=C(O)CC(Oc1ccccc1O)C(F)(F)F. The molecular formula is C10H9F3O4. The van der Waals surface area contributed by atoms with E-state index in [-0.39, 0.29) is 0 Å². The van der Waals surface area contributed by atoms with Gasteiger partial charge in [-0.1, -0.05) is 12.1 Å². The summed E-state index contributed by atoms with van der Waals surface area (Å²) < 4.78 is 41.7. The molecule has 1 atom stereocenters. The minimum Gasteiger partial charge on any atom is -0.504 e. The smallest absolute Gasteiger partial charge is 0.426 e. The van der Waals surface area contributed by atoms with Crippen LogP contribution >= 0.6 is 0 Å². The summed E-state index contributed by atoms with van der Waals surface area (Å²) >= 11 is 0. The van der Waals surface area contributed by atoms with Crippen molar-refractivity contribution in [2.24, 2.45) is 0 Å². The van der Waals surface area contributed by atoms with Crippen molar-refractivity contribution >= 4 is 5.97 Å². The molecule has 17 heavy (non-hydrogen) atoms. The van der Waals surface area contributed by atoms with Crippen LogP contribution in [0.2, 0.25) is 0 Å². The predicted molar refractivity (Wildman–Crippen MR) is 50.8 cm³/mol. The normalized spacial score (nSPS) is 13.1. The van der Waals surface area contributed by atoms with E-state index in [4.69, 9.17) is 5.11 Å². The largest absolute Gasteiger partial charge is 0.504 e. The Morgan fingerprint density at radius 2 is 1.94 bits per heavy atom. The van der Waals surface area contributed by atoms with Gasteiger partial charge in [-0.2, -0.15) is 13.2 Å². The second kappa shape index (κ2) is 4.94. The number of carbonyl (C=O) groups is 1. The number of alkyl halides is 3. The van der Waals surface area contributed by atoms with Crippen LogP contribution in [0.4, 0.5) is 13.2 Å². The van der Waals surface area contributed by atoms with Crippen molar-refractivity contribution in [3.8, 4) is 11.5 Å². The third-order valence-electron chi connectivity index (χ3n) is 1.86. The van der Waals surface area contributed by atoms with Gasteiger partial charge in [-0.25, -0.2) is 0 Å². The Labute approximate surface area is 94.3 Å². The van der Waals surface area contributed by atoms with Crippen molar-refractivity contribution < 1.29 is 32.9 Å². The van der Waals surface area contributed by atoms with Crippen LogP contribution < -0.4 is 4.74 Å². The van der Waals surface area contributed by atoms with Gasteiger partial charge >= 0.3 is 12.1 Å². The molecule has 0 radical (unpaired) electrons. The van der Waals surface area contributed by atoms with Gasteiger partial charge in [0.05, 0.1) is 6.42 Å². The molecule has 0 fully saturated rings. The van der Waals surface area contributed by atoms with Crippen LogP contribution in [0.5, 0.6) is 11.5 Å². The fourth-order valence-corrected chi connectivity index (χ4v) is 1.09. The summed E-state index contributed by atoms with van der Waals surface area (Å²) in [7, 11) is 0. The van der Waals surface area contributed by atoms with Crippen molar-refractivity contribution in [2.75, 3.05) is 0 Å². The number of phenols is 1. The molecule has 0 aliphatic heterocycles. The standard InChI is InChI=1S/C10H9F3O4/c11-10(12,13)8(5-9(15)16)17-7-4-2-1-3-6(7)14/h1-4,8,14H,5H2,(H,15,16). The number of benzene rings is 1. The molecule has 0 saturated carbocycles. The van der Waals surface area contributed by atoms with Gasteiger partial charge in [0, 0.05) is 0 Å². The Morgan fingerprint density at radius 3 is 2.41 bits per heavy atom. The first-order chi connectivity index (χ1) is 7.80. The first kappa shape index (κ1) is 13.1. The Morgan fingerprint density at radius 1 is 1.35 bits per heavy atom. The lowest BCUT2D eigenvalue weighted by Gasteiger charge is -2.20. The Balaban J connectivity index is 2.87. The minimum atomic E-state index is -4.82. The quantitative estimate of drug-likeness (QED) is 0.859. The molecule has 0 heterocycles. The van der Waals surface area contributed by atoms with Crippen molar-refractivity contribution in [1.82, 2.24) is 0 Å². The summed E-state index contributed by atoms with van der Waals surface area (Å²) in [5, 5.41) is 17.6. The third-order valence-corrected chi connectivity index (χ3v) is 1.86. The molecule has 0 aromatic heterocycles. The van der Waals surface area contributed by atoms with Crippen LogP contribution in [0.3, 0.4) is 0 Å². The van der Waals surface area contributed by atoms with Gasteiger partial charge in [0.15, 0.2) is 11.5 Å². The highest BCUT2D eigenvalue weighted by Crippen LogP contribution is 2.31. The highest BCUT2D eigenvalue weighted by atomic mass is 19.4. The fraction of sp³-hybridized carbons (Fsp3) is 0.300. The highest BCUT2D eigenvalue weighted by molar-refractivity contribution is 5.67. The molecule has 1 aromatic rings. The van der Waals surface area contributed by atoms with E-state index in [1.165, 1.54) is 12.1 Å². The van der Waals surface area contributed by atoms with Gasteiger partial charge in [0.25, 0.3) is 0 Å². The van der Waals surface area contributed by atoms with Crippen molar-refractivity contribution in [3.05, 3.63) is 24.3 Å². The zero-order valence-corrected chi connectivity index (χ0v) is 8.44. The zero-order valence-electron chi connectivity index (χ0n) is 8.44. The van der Waals surface area contributed by atoms with Crippen LogP contribution in [-0.4, -0.2) is 28.5 Å². The highest BCUT2D eigenvalue weighted by Gasteiger charge is 2.43. The molecule has 1 rings (SSSR count). The van der Waals surface area contributed by atoms with E-state index in [9.17, 15) is 23.1 Å². The first-order valence-electron chi connectivity index (χ1n) is 4.54. The molecule has 0 amide bonds. The molecule has 0 aliphatic rings. The molecule has 7 heteroatoms. The van der Waals surface area contributed by atoms with E-state index in [1.807, 2.05) is 0 Å². The van der Waals surface area contributed by atoms with Gasteiger partial charge < -0.3 is 14.9 Å². The van der Waals surface area contributed by atoms with E-state index < -0.39 is 36.2 Å². The minimum absolute atomic E-state index is 0.406.